The van der Waals surface area contributed by atoms with E-state index in [0.717, 1.165) is 17.5 Å². The average Bonchev–Trinajstić information content (AvgIpc) is 2.71. The summed E-state index contributed by atoms with van der Waals surface area (Å²) in [5.41, 5.74) is 7.31. The molecule has 4 aromatic rings. The Morgan fingerprint density at radius 2 is 0.920 bits per heavy atom. The molecular formula is C23H18N2. The van der Waals surface area contributed by atoms with Crippen LogP contribution in [0.2, 0.25) is 0 Å². The second-order valence-corrected chi connectivity index (χ2v) is 6.05. The highest BCUT2D eigenvalue weighted by molar-refractivity contribution is 5.63. The highest BCUT2D eigenvalue weighted by atomic mass is 14.6. The Morgan fingerprint density at radius 1 is 0.480 bits per heavy atom. The number of hydrogen-bond donors (Lipinski definition) is 0. The summed E-state index contributed by atoms with van der Waals surface area (Å²) in [6.45, 7) is 0. The molecule has 2 heterocycles. The number of nitrogens with zero attached hydrogens (tertiary/aromatic N) is 2. The smallest absolute Gasteiger partial charge is 0.0346 e. The van der Waals surface area contributed by atoms with E-state index >= 15 is 0 Å². The Labute approximate surface area is 147 Å². The molecule has 2 aromatic heterocycles. The molecule has 0 atom stereocenters. The number of aromatic nitrogens is 2. The van der Waals surface area contributed by atoms with Crippen molar-refractivity contribution in [1.29, 1.82) is 0 Å². The minimum atomic E-state index is 0.931. The molecule has 2 aromatic carbocycles. The fourth-order valence-electron chi connectivity index (χ4n) is 2.93. The van der Waals surface area contributed by atoms with Crippen molar-refractivity contribution in [1.82, 2.24) is 9.97 Å². The average molecular weight is 322 g/mol. The number of rotatable bonds is 4. The highest BCUT2D eigenvalue weighted by Gasteiger charge is 2.01. The Balaban J connectivity index is 1.49. The van der Waals surface area contributed by atoms with E-state index in [9.17, 15) is 0 Å². The van der Waals surface area contributed by atoms with Crippen molar-refractivity contribution in [3.8, 4) is 22.3 Å². The molecule has 25 heavy (non-hydrogen) atoms. The second-order valence-electron chi connectivity index (χ2n) is 6.05. The van der Waals surface area contributed by atoms with E-state index in [1.807, 2.05) is 24.5 Å². The van der Waals surface area contributed by atoms with Gasteiger partial charge < -0.3 is 0 Å². The van der Waals surface area contributed by atoms with Gasteiger partial charge in [0.2, 0.25) is 0 Å². The Morgan fingerprint density at radius 3 is 1.28 bits per heavy atom. The lowest BCUT2D eigenvalue weighted by molar-refractivity contribution is 1.19. The van der Waals surface area contributed by atoms with E-state index in [1.54, 1.807) is 12.4 Å². The normalized spacial score (nSPS) is 10.6. The van der Waals surface area contributed by atoms with Gasteiger partial charge in [0.05, 0.1) is 0 Å². The molecular weight excluding hydrogens is 304 g/mol. The minimum Gasteiger partial charge on any atom is -0.264 e. The quantitative estimate of drug-likeness (QED) is 0.502. The molecule has 0 amide bonds. The van der Waals surface area contributed by atoms with Crippen LogP contribution in [0.25, 0.3) is 22.3 Å². The molecule has 0 saturated carbocycles. The monoisotopic (exact) mass is 322 g/mol. The van der Waals surface area contributed by atoms with Gasteiger partial charge in [-0.1, -0.05) is 60.7 Å². The van der Waals surface area contributed by atoms with Crippen LogP contribution in [-0.4, -0.2) is 9.97 Å². The van der Waals surface area contributed by atoms with Crippen LogP contribution in [0.5, 0.6) is 0 Å². The highest BCUT2D eigenvalue weighted by Crippen LogP contribution is 2.22. The predicted molar refractivity (Wildman–Crippen MR) is 102 cm³/mol. The fraction of sp³-hybridized carbons (Fsp3) is 0.0435. The van der Waals surface area contributed by atoms with E-state index in [4.69, 9.17) is 0 Å². The molecule has 2 heteroatoms. The maximum absolute atomic E-state index is 4.18. The zero-order chi connectivity index (χ0) is 16.9. The molecule has 2 nitrogen and oxygen atoms in total. The van der Waals surface area contributed by atoms with Crippen LogP contribution in [0.15, 0.2) is 97.6 Å². The van der Waals surface area contributed by atoms with Gasteiger partial charge in [0, 0.05) is 24.8 Å². The molecule has 0 N–H and O–H groups in total. The maximum atomic E-state index is 4.18. The van der Waals surface area contributed by atoms with Crippen LogP contribution in [0, 0.1) is 0 Å². The largest absolute Gasteiger partial charge is 0.264 e. The Kier molecular flexibility index (Phi) is 4.34. The van der Waals surface area contributed by atoms with Gasteiger partial charge in [-0.05, 0) is 51.9 Å². The summed E-state index contributed by atoms with van der Waals surface area (Å²) in [6, 6.07) is 25.5. The molecule has 4 rings (SSSR count). The Bertz CT molecular complexity index is 848. The van der Waals surface area contributed by atoms with Crippen molar-refractivity contribution in [2.45, 2.75) is 6.42 Å². The van der Waals surface area contributed by atoms with Gasteiger partial charge in [0.15, 0.2) is 0 Å². The van der Waals surface area contributed by atoms with Crippen LogP contribution in [0.3, 0.4) is 0 Å². The predicted octanol–water partition coefficient (Wildman–Crippen LogP) is 5.40. The van der Waals surface area contributed by atoms with Crippen molar-refractivity contribution in [2.24, 2.45) is 0 Å². The molecule has 120 valence electrons. The number of pyridine rings is 2. The van der Waals surface area contributed by atoms with Gasteiger partial charge in [0.1, 0.15) is 0 Å². The summed E-state index contributed by atoms with van der Waals surface area (Å²) in [4.78, 5) is 8.36. The van der Waals surface area contributed by atoms with Crippen LogP contribution in [0.1, 0.15) is 11.1 Å². The van der Waals surface area contributed by atoms with E-state index in [0.29, 0.717) is 0 Å². The molecule has 0 spiro atoms. The fourth-order valence-corrected chi connectivity index (χ4v) is 2.93. The first-order chi connectivity index (χ1) is 12.4. The standard InChI is InChI=1S/C23H18N2/c1-3-22(16-24-13-1)20-9-5-18(6-10-20)15-19-7-11-21(12-8-19)23-4-2-14-25-17-23/h1-14,16-17H,15H2. The van der Waals surface area contributed by atoms with Gasteiger partial charge >= 0.3 is 0 Å². The molecule has 0 aliphatic carbocycles. The zero-order valence-electron chi connectivity index (χ0n) is 13.8. The van der Waals surface area contributed by atoms with Crippen LogP contribution < -0.4 is 0 Å². The van der Waals surface area contributed by atoms with Crippen molar-refractivity contribution >= 4 is 0 Å². The molecule has 0 fully saturated rings. The van der Waals surface area contributed by atoms with Gasteiger partial charge in [-0.2, -0.15) is 0 Å². The maximum Gasteiger partial charge on any atom is 0.0346 e. The third-order valence-corrected chi connectivity index (χ3v) is 4.31. The summed E-state index contributed by atoms with van der Waals surface area (Å²) in [5.74, 6) is 0. The first-order valence-corrected chi connectivity index (χ1v) is 8.37. The minimum absolute atomic E-state index is 0.931. The van der Waals surface area contributed by atoms with E-state index in [1.165, 1.54) is 22.3 Å². The topological polar surface area (TPSA) is 25.8 Å². The van der Waals surface area contributed by atoms with Crippen molar-refractivity contribution in [2.75, 3.05) is 0 Å². The second kappa shape index (κ2) is 7.10. The molecule has 0 bridgehead atoms. The first-order valence-electron chi connectivity index (χ1n) is 8.37. The van der Waals surface area contributed by atoms with Crippen LogP contribution >= 0.6 is 0 Å². The van der Waals surface area contributed by atoms with Gasteiger partial charge in [-0.25, -0.2) is 0 Å². The third-order valence-electron chi connectivity index (χ3n) is 4.31. The molecule has 0 aliphatic heterocycles. The van der Waals surface area contributed by atoms with Crippen molar-refractivity contribution in [3.05, 3.63) is 109 Å². The molecule has 0 aliphatic rings. The summed E-state index contributed by atoms with van der Waals surface area (Å²) in [6.07, 6.45) is 8.32. The Hall–Kier alpha value is -3.26. The lowest BCUT2D eigenvalue weighted by Gasteiger charge is -2.06. The summed E-state index contributed by atoms with van der Waals surface area (Å²) < 4.78 is 0. The van der Waals surface area contributed by atoms with Gasteiger partial charge in [-0.15, -0.1) is 0 Å². The van der Waals surface area contributed by atoms with E-state index < -0.39 is 0 Å². The summed E-state index contributed by atoms with van der Waals surface area (Å²) in [5, 5.41) is 0. The van der Waals surface area contributed by atoms with E-state index in [-0.39, 0.29) is 0 Å². The summed E-state index contributed by atoms with van der Waals surface area (Å²) >= 11 is 0. The zero-order valence-corrected chi connectivity index (χ0v) is 13.8. The van der Waals surface area contributed by atoms with Crippen molar-refractivity contribution < 1.29 is 0 Å². The molecule has 0 saturated heterocycles. The van der Waals surface area contributed by atoms with E-state index in [2.05, 4.69) is 70.6 Å². The van der Waals surface area contributed by atoms with Crippen LogP contribution in [-0.2, 0) is 6.42 Å². The summed E-state index contributed by atoms with van der Waals surface area (Å²) in [7, 11) is 0. The number of hydrogen-bond acceptors (Lipinski definition) is 2. The van der Waals surface area contributed by atoms with Crippen molar-refractivity contribution in [3.63, 3.8) is 0 Å². The number of benzene rings is 2. The lowest BCUT2D eigenvalue weighted by atomic mass is 9.99. The third kappa shape index (κ3) is 3.64. The SMILES string of the molecule is c1cncc(-c2ccc(Cc3ccc(-c4cccnc4)cc3)cc2)c1. The lowest BCUT2D eigenvalue weighted by Crippen LogP contribution is -1.89. The molecule has 0 unspecified atom stereocenters. The van der Waals surface area contributed by atoms with Gasteiger partial charge in [0.25, 0.3) is 0 Å². The van der Waals surface area contributed by atoms with Gasteiger partial charge in [-0.3, -0.25) is 9.97 Å². The van der Waals surface area contributed by atoms with Crippen LogP contribution in [0.4, 0.5) is 0 Å². The first kappa shape index (κ1) is 15.3. The molecule has 0 radical (unpaired) electrons.